The Bertz CT molecular complexity index is 1080. The van der Waals surface area contributed by atoms with E-state index in [-0.39, 0.29) is 22.2 Å². The van der Waals surface area contributed by atoms with Crippen molar-refractivity contribution < 1.29 is 17.9 Å². The van der Waals surface area contributed by atoms with Crippen LogP contribution in [0.25, 0.3) is 0 Å². The van der Waals surface area contributed by atoms with Gasteiger partial charge in [0, 0.05) is 11.9 Å². The van der Waals surface area contributed by atoms with Crippen molar-refractivity contribution in [1.29, 1.82) is 0 Å². The zero-order chi connectivity index (χ0) is 24.3. The van der Waals surface area contributed by atoms with Gasteiger partial charge in [-0.1, -0.05) is 27.7 Å². The Morgan fingerprint density at radius 2 is 1.81 bits per heavy atom. The molecule has 0 spiro atoms. The van der Waals surface area contributed by atoms with Crippen LogP contribution in [0.1, 0.15) is 39.2 Å². The second-order valence-electron chi connectivity index (χ2n) is 6.97. The molecule has 32 heavy (non-hydrogen) atoms. The Kier molecular flexibility index (Phi) is 11.2. The predicted molar refractivity (Wildman–Crippen MR) is 131 cm³/mol. The summed E-state index contributed by atoms with van der Waals surface area (Å²) < 4.78 is 40.1. The first-order chi connectivity index (χ1) is 15.1. The number of terminal acetylenes is 1. The van der Waals surface area contributed by atoms with Gasteiger partial charge in [0.15, 0.2) is 21.6 Å². The highest BCUT2D eigenvalue weighted by Gasteiger charge is 2.23. The fraction of sp³-hybridized carbons (Fsp3) is 0.400. The minimum Gasteiger partial charge on any atom is -0.504 e. The SMILES string of the molecule is C#C.CC(C)C.CCNS(=O)(=O)c1scc(Nc2nsnc2NCc2ccc(C)o2)c1O. The van der Waals surface area contributed by atoms with Gasteiger partial charge in [-0.2, -0.15) is 8.75 Å². The summed E-state index contributed by atoms with van der Waals surface area (Å²) in [6.07, 6.45) is 8.00. The molecule has 0 unspecified atom stereocenters. The number of aryl methyl sites for hydroxylation is 1. The van der Waals surface area contributed by atoms with Crippen LogP contribution in [-0.2, 0) is 16.6 Å². The van der Waals surface area contributed by atoms with E-state index < -0.39 is 10.0 Å². The van der Waals surface area contributed by atoms with Gasteiger partial charge in [0.25, 0.3) is 10.0 Å². The number of thiophene rings is 1. The second-order valence-corrected chi connectivity index (χ2v) is 10.3. The molecule has 4 N–H and O–H groups in total. The molecule has 12 heteroatoms. The molecule has 0 aliphatic heterocycles. The standard InChI is InChI=1S/C14H17N5O4S3.C4H10.C2H2/c1-3-16-26(21,22)14-11(20)10(7-24-14)17-13-12(18-25-19-13)15-6-9-5-4-8(2)23-9;1-4(2)3;1-2/h4-5,7,16,20H,3,6H2,1-2H3,(H,15,18)(H,17,19);4H,1-3H3;1-2H. The molecule has 3 heterocycles. The van der Waals surface area contributed by atoms with Crippen LogP contribution >= 0.6 is 23.1 Å². The highest BCUT2D eigenvalue weighted by molar-refractivity contribution is 7.91. The Morgan fingerprint density at radius 1 is 1.19 bits per heavy atom. The lowest BCUT2D eigenvalue weighted by Gasteiger charge is -2.06. The molecule has 3 aromatic heterocycles. The Labute approximate surface area is 197 Å². The normalized spacial score (nSPS) is 10.6. The number of aromatic nitrogens is 2. The molecule has 0 saturated carbocycles. The molecule has 0 aliphatic rings. The van der Waals surface area contributed by atoms with Crippen molar-refractivity contribution in [2.75, 3.05) is 17.2 Å². The molecular weight excluding hydrogens is 470 g/mol. The molecule has 0 radical (unpaired) electrons. The first-order valence-corrected chi connectivity index (χ1v) is 12.8. The molecule has 0 aliphatic carbocycles. The van der Waals surface area contributed by atoms with Gasteiger partial charge in [0.2, 0.25) is 0 Å². The smallest absolute Gasteiger partial charge is 0.253 e. The maximum absolute atomic E-state index is 12.1. The zero-order valence-corrected chi connectivity index (χ0v) is 21.1. The van der Waals surface area contributed by atoms with E-state index in [1.54, 1.807) is 6.92 Å². The summed E-state index contributed by atoms with van der Waals surface area (Å²) in [7, 11) is -3.74. The Balaban J connectivity index is 0.000000769. The first kappa shape index (κ1) is 27.4. The molecular formula is C20H29N5O4S3. The van der Waals surface area contributed by atoms with Crippen molar-refractivity contribution >= 4 is 50.4 Å². The maximum atomic E-state index is 12.1. The molecule has 0 bridgehead atoms. The molecule has 3 rings (SSSR count). The predicted octanol–water partition coefficient (Wildman–Crippen LogP) is 4.77. The minimum absolute atomic E-state index is 0.148. The second kappa shape index (κ2) is 13.1. The van der Waals surface area contributed by atoms with Crippen molar-refractivity contribution in [2.45, 2.75) is 45.4 Å². The van der Waals surface area contributed by atoms with Gasteiger partial charge in [-0.15, -0.1) is 24.2 Å². The summed E-state index contributed by atoms with van der Waals surface area (Å²) >= 11 is 1.91. The van der Waals surface area contributed by atoms with E-state index in [2.05, 4.69) is 57.7 Å². The summed E-state index contributed by atoms with van der Waals surface area (Å²) in [5, 5.41) is 17.8. The van der Waals surface area contributed by atoms with E-state index in [1.165, 1.54) is 5.38 Å². The third kappa shape index (κ3) is 8.16. The number of furan rings is 1. The molecule has 3 aromatic rings. The fourth-order valence-electron chi connectivity index (χ4n) is 2.13. The van der Waals surface area contributed by atoms with Crippen molar-refractivity contribution in [3.05, 3.63) is 29.0 Å². The molecule has 0 saturated heterocycles. The summed E-state index contributed by atoms with van der Waals surface area (Å²) in [6, 6.07) is 3.73. The van der Waals surface area contributed by atoms with Crippen LogP contribution in [0, 0.1) is 25.7 Å². The van der Waals surface area contributed by atoms with Crippen LogP contribution in [0.3, 0.4) is 0 Å². The molecule has 176 valence electrons. The van der Waals surface area contributed by atoms with E-state index >= 15 is 0 Å². The average Bonchev–Trinajstić information content (AvgIpc) is 3.43. The van der Waals surface area contributed by atoms with Crippen molar-refractivity contribution in [1.82, 2.24) is 13.5 Å². The van der Waals surface area contributed by atoms with Gasteiger partial charge in [0.1, 0.15) is 11.5 Å². The number of sulfonamides is 1. The third-order valence-electron chi connectivity index (χ3n) is 3.28. The van der Waals surface area contributed by atoms with Crippen LogP contribution < -0.4 is 15.4 Å². The zero-order valence-electron chi connectivity index (χ0n) is 18.7. The number of hydrogen-bond donors (Lipinski definition) is 4. The fourth-order valence-corrected chi connectivity index (χ4v) is 4.94. The number of rotatable bonds is 8. The lowest BCUT2D eigenvalue weighted by atomic mass is 10.3. The van der Waals surface area contributed by atoms with Crippen LogP contribution in [0.4, 0.5) is 17.3 Å². The summed E-state index contributed by atoms with van der Waals surface area (Å²) in [5.41, 5.74) is 0.246. The summed E-state index contributed by atoms with van der Waals surface area (Å²) in [4.78, 5) is 0. The van der Waals surface area contributed by atoms with Crippen LogP contribution in [0.15, 0.2) is 26.1 Å². The van der Waals surface area contributed by atoms with E-state index in [9.17, 15) is 13.5 Å². The number of hydrogen-bond acceptors (Lipinski definition) is 10. The third-order valence-corrected chi connectivity index (χ3v) is 6.86. The lowest BCUT2D eigenvalue weighted by molar-refractivity contribution is 0.465. The maximum Gasteiger partial charge on any atom is 0.253 e. The summed E-state index contributed by atoms with van der Waals surface area (Å²) in [5.74, 6) is 2.91. The van der Waals surface area contributed by atoms with Crippen LogP contribution in [-0.4, -0.2) is 28.8 Å². The minimum atomic E-state index is -3.74. The highest BCUT2D eigenvalue weighted by Crippen LogP contribution is 2.39. The largest absolute Gasteiger partial charge is 0.504 e. The van der Waals surface area contributed by atoms with Gasteiger partial charge < -0.3 is 20.2 Å². The van der Waals surface area contributed by atoms with Gasteiger partial charge in [-0.25, -0.2) is 13.1 Å². The molecule has 0 fully saturated rings. The van der Waals surface area contributed by atoms with Gasteiger partial charge in [-0.3, -0.25) is 0 Å². The molecule has 9 nitrogen and oxygen atoms in total. The number of aromatic hydroxyl groups is 1. The highest BCUT2D eigenvalue weighted by atomic mass is 32.2. The van der Waals surface area contributed by atoms with Gasteiger partial charge in [-0.05, 0) is 25.0 Å². The van der Waals surface area contributed by atoms with E-state index in [4.69, 9.17) is 4.42 Å². The number of anilines is 3. The lowest BCUT2D eigenvalue weighted by Crippen LogP contribution is -2.22. The topological polar surface area (TPSA) is 129 Å². The Morgan fingerprint density at radius 3 is 2.38 bits per heavy atom. The summed E-state index contributed by atoms with van der Waals surface area (Å²) in [6.45, 7) is 10.7. The first-order valence-electron chi connectivity index (χ1n) is 9.66. The van der Waals surface area contributed by atoms with Crippen LogP contribution in [0.2, 0.25) is 0 Å². The molecule has 0 amide bonds. The van der Waals surface area contributed by atoms with Gasteiger partial charge >= 0.3 is 0 Å². The van der Waals surface area contributed by atoms with Crippen molar-refractivity contribution in [3.63, 3.8) is 0 Å². The van der Waals surface area contributed by atoms with Crippen molar-refractivity contribution in [3.8, 4) is 18.6 Å². The molecule has 0 aromatic carbocycles. The van der Waals surface area contributed by atoms with Crippen molar-refractivity contribution in [2.24, 2.45) is 5.92 Å². The van der Waals surface area contributed by atoms with E-state index in [0.29, 0.717) is 18.2 Å². The van der Waals surface area contributed by atoms with Gasteiger partial charge in [0.05, 0.1) is 24.0 Å². The van der Waals surface area contributed by atoms with E-state index in [0.717, 1.165) is 40.5 Å². The van der Waals surface area contributed by atoms with Crippen LogP contribution in [0.5, 0.6) is 5.75 Å². The molecule has 0 atom stereocenters. The number of nitrogens with one attached hydrogen (secondary N) is 3. The average molecular weight is 500 g/mol. The quantitative estimate of drug-likeness (QED) is 0.326. The van der Waals surface area contributed by atoms with E-state index in [1.807, 2.05) is 19.1 Å². The monoisotopic (exact) mass is 499 g/mol. The Hall–Kier alpha value is -2.59. The number of nitrogens with zero attached hydrogens (tertiary/aromatic N) is 2.